The number of hydrogen-bond acceptors (Lipinski definition) is 6. The number of rotatable bonds is 7. The summed E-state index contributed by atoms with van der Waals surface area (Å²) in [5.74, 6) is -0.488. The predicted octanol–water partition coefficient (Wildman–Crippen LogP) is 4.79. The molecule has 0 radical (unpaired) electrons. The molecule has 2 aliphatic rings. The SMILES string of the molecule is O=C(CN1C(=O)S/C(=C/c2ccc(OCc3ccccc3F)cc2)C1=O)N1CCN(c2ccccc2)CC1. The van der Waals surface area contributed by atoms with Gasteiger partial charge < -0.3 is 14.5 Å². The summed E-state index contributed by atoms with van der Waals surface area (Å²) >= 11 is 0.823. The van der Waals surface area contributed by atoms with Crippen LogP contribution >= 0.6 is 11.8 Å². The van der Waals surface area contributed by atoms with Gasteiger partial charge >= 0.3 is 0 Å². The molecule has 2 fully saturated rings. The van der Waals surface area contributed by atoms with Crippen molar-refractivity contribution < 1.29 is 23.5 Å². The van der Waals surface area contributed by atoms with Crippen molar-refractivity contribution in [3.05, 3.63) is 101 Å². The van der Waals surface area contributed by atoms with E-state index >= 15 is 0 Å². The second-order valence-corrected chi connectivity index (χ2v) is 9.91. The number of piperazine rings is 1. The number of halogens is 1. The van der Waals surface area contributed by atoms with Gasteiger partial charge in [0.1, 0.15) is 24.7 Å². The van der Waals surface area contributed by atoms with E-state index in [0.29, 0.717) is 43.1 Å². The molecule has 2 aliphatic heterocycles. The molecule has 0 bridgehead atoms. The summed E-state index contributed by atoms with van der Waals surface area (Å²) in [6, 6.07) is 23.4. The number of imide groups is 1. The van der Waals surface area contributed by atoms with Gasteiger partial charge in [0.15, 0.2) is 0 Å². The molecule has 38 heavy (non-hydrogen) atoms. The third kappa shape index (κ3) is 5.89. The third-order valence-electron chi connectivity index (χ3n) is 6.45. The van der Waals surface area contributed by atoms with Gasteiger partial charge in [0.2, 0.25) is 5.91 Å². The smallest absolute Gasteiger partial charge is 0.294 e. The molecule has 0 atom stereocenters. The number of amides is 3. The van der Waals surface area contributed by atoms with Crippen molar-refractivity contribution >= 4 is 40.6 Å². The summed E-state index contributed by atoms with van der Waals surface area (Å²) in [4.78, 5) is 43.5. The van der Waals surface area contributed by atoms with Gasteiger partial charge in [-0.05, 0) is 53.7 Å². The van der Waals surface area contributed by atoms with Crippen LogP contribution in [0.1, 0.15) is 11.1 Å². The lowest BCUT2D eigenvalue weighted by Crippen LogP contribution is -2.51. The normalized spacial score (nSPS) is 16.9. The zero-order chi connectivity index (χ0) is 26.5. The second-order valence-electron chi connectivity index (χ2n) is 8.92. The maximum absolute atomic E-state index is 13.8. The number of carbonyl (C=O) groups is 3. The van der Waals surface area contributed by atoms with E-state index in [-0.39, 0.29) is 29.8 Å². The van der Waals surface area contributed by atoms with Crippen molar-refractivity contribution in [3.8, 4) is 5.75 Å². The van der Waals surface area contributed by atoms with Gasteiger partial charge in [-0.2, -0.15) is 0 Å². The quantitative estimate of drug-likeness (QED) is 0.409. The molecule has 0 spiro atoms. The molecule has 2 heterocycles. The summed E-state index contributed by atoms with van der Waals surface area (Å²) in [7, 11) is 0. The average Bonchev–Trinajstić information content (AvgIpc) is 3.21. The van der Waals surface area contributed by atoms with Gasteiger partial charge in [-0.25, -0.2) is 4.39 Å². The highest BCUT2D eigenvalue weighted by molar-refractivity contribution is 8.18. The molecule has 2 saturated heterocycles. The highest BCUT2D eigenvalue weighted by Gasteiger charge is 2.37. The van der Waals surface area contributed by atoms with Crippen molar-refractivity contribution in [1.29, 1.82) is 0 Å². The molecule has 0 saturated carbocycles. The highest BCUT2D eigenvalue weighted by atomic mass is 32.2. The van der Waals surface area contributed by atoms with E-state index in [1.807, 2.05) is 30.3 Å². The van der Waals surface area contributed by atoms with Gasteiger partial charge in [0.05, 0.1) is 4.91 Å². The lowest BCUT2D eigenvalue weighted by molar-refractivity contribution is -0.136. The first-order chi connectivity index (χ1) is 18.5. The maximum atomic E-state index is 13.8. The number of thioether (sulfide) groups is 1. The fourth-order valence-corrected chi connectivity index (χ4v) is 5.15. The Morgan fingerprint density at radius 3 is 2.29 bits per heavy atom. The zero-order valence-corrected chi connectivity index (χ0v) is 21.4. The molecule has 0 aliphatic carbocycles. The van der Waals surface area contributed by atoms with Gasteiger partial charge in [-0.3, -0.25) is 19.3 Å². The molecule has 7 nitrogen and oxygen atoms in total. The van der Waals surface area contributed by atoms with Crippen LogP contribution in [-0.2, 0) is 16.2 Å². The summed E-state index contributed by atoms with van der Waals surface area (Å²) in [6.07, 6.45) is 1.62. The van der Waals surface area contributed by atoms with E-state index < -0.39 is 11.1 Å². The molecule has 5 rings (SSSR count). The van der Waals surface area contributed by atoms with Crippen molar-refractivity contribution in [1.82, 2.24) is 9.80 Å². The van der Waals surface area contributed by atoms with E-state index in [1.165, 1.54) is 6.07 Å². The number of para-hydroxylation sites is 1. The Hall–Kier alpha value is -4.11. The highest BCUT2D eigenvalue weighted by Crippen LogP contribution is 2.32. The van der Waals surface area contributed by atoms with Crippen LogP contribution in [-0.4, -0.2) is 59.6 Å². The fraction of sp³-hybridized carbons (Fsp3) is 0.207. The Morgan fingerprint density at radius 1 is 0.895 bits per heavy atom. The molecule has 3 aromatic rings. The molecule has 0 aromatic heterocycles. The van der Waals surface area contributed by atoms with Crippen molar-refractivity contribution in [2.45, 2.75) is 6.61 Å². The molecular weight excluding hydrogens is 505 g/mol. The van der Waals surface area contributed by atoms with Crippen LogP contribution < -0.4 is 9.64 Å². The van der Waals surface area contributed by atoms with Crippen LogP contribution in [0.15, 0.2) is 83.8 Å². The van der Waals surface area contributed by atoms with E-state index in [0.717, 1.165) is 22.3 Å². The Labute approximate surface area is 224 Å². The molecule has 3 amide bonds. The van der Waals surface area contributed by atoms with Crippen molar-refractivity contribution in [2.24, 2.45) is 0 Å². The monoisotopic (exact) mass is 531 g/mol. The van der Waals surface area contributed by atoms with Crippen LogP contribution in [0.2, 0.25) is 0 Å². The first kappa shape index (κ1) is 25.5. The Morgan fingerprint density at radius 2 is 1.58 bits per heavy atom. The number of anilines is 1. The van der Waals surface area contributed by atoms with Gasteiger partial charge in [0, 0.05) is 37.4 Å². The van der Waals surface area contributed by atoms with Gasteiger partial charge in [-0.1, -0.05) is 48.5 Å². The largest absolute Gasteiger partial charge is 0.489 e. The first-order valence-corrected chi connectivity index (χ1v) is 13.1. The van der Waals surface area contributed by atoms with E-state index in [2.05, 4.69) is 4.90 Å². The number of nitrogens with zero attached hydrogens (tertiary/aromatic N) is 3. The minimum Gasteiger partial charge on any atom is -0.489 e. The minimum atomic E-state index is -0.476. The second kappa shape index (κ2) is 11.5. The summed E-state index contributed by atoms with van der Waals surface area (Å²) < 4.78 is 19.4. The topological polar surface area (TPSA) is 70.2 Å². The van der Waals surface area contributed by atoms with Crippen LogP contribution in [0.4, 0.5) is 14.9 Å². The number of hydrogen-bond donors (Lipinski definition) is 0. The standard InChI is InChI=1S/C29H26FN3O4S/c30-25-9-5-4-6-22(25)20-37-24-12-10-21(11-13-24)18-26-28(35)33(29(36)38-26)19-27(34)32-16-14-31(15-17-32)23-7-2-1-3-8-23/h1-13,18H,14-17,19-20H2/b26-18+. The molecule has 9 heteroatoms. The van der Waals surface area contributed by atoms with E-state index in [4.69, 9.17) is 4.74 Å². The maximum Gasteiger partial charge on any atom is 0.294 e. The average molecular weight is 532 g/mol. The van der Waals surface area contributed by atoms with E-state index in [1.54, 1.807) is 53.4 Å². The summed E-state index contributed by atoms with van der Waals surface area (Å²) in [5, 5.41) is -0.456. The van der Waals surface area contributed by atoms with Crippen LogP contribution in [0.3, 0.4) is 0 Å². The lowest BCUT2D eigenvalue weighted by Gasteiger charge is -2.36. The van der Waals surface area contributed by atoms with Gasteiger partial charge in [0.25, 0.3) is 11.1 Å². The van der Waals surface area contributed by atoms with Crippen LogP contribution in [0, 0.1) is 5.82 Å². The van der Waals surface area contributed by atoms with Crippen molar-refractivity contribution in [2.75, 3.05) is 37.6 Å². The lowest BCUT2D eigenvalue weighted by atomic mass is 10.2. The van der Waals surface area contributed by atoms with Crippen LogP contribution in [0.25, 0.3) is 6.08 Å². The molecular formula is C29H26FN3O4S. The Balaban J connectivity index is 1.15. The Bertz CT molecular complexity index is 1360. The molecule has 194 valence electrons. The number of benzene rings is 3. The minimum absolute atomic E-state index is 0.0975. The Kier molecular flexibility index (Phi) is 7.74. The first-order valence-electron chi connectivity index (χ1n) is 12.3. The van der Waals surface area contributed by atoms with E-state index in [9.17, 15) is 18.8 Å². The third-order valence-corrected chi connectivity index (χ3v) is 7.36. The van der Waals surface area contributed by atoms with Crippen LogP contribution in [0.5, 0.6) is 5.75 Å². The number of carbonyl (C=O) groups excluding carboxylic acids is 3. The fourth-order valence-electron chi connectivity index (χ4n) is 4.31. The number of ether oxygens (including phenoxy) is 1. The molecule has 0 N–H and O–H groups in total. The predicted molar refractivity (Wildman–Crippen MR) is 145 cm³/mol. The molecule has 3 aromatic carbocycles. The summed E-state index contributed by atoms with van der Waals surface area (Å²) in [5.41, 5.74) is 2.27. The van der Waals surface area contributed by atoms with Crippen molar-refractivity contribution in [3.63, 3.8) is 0 Å². The van der Waals surface area contributed by atoms with Gasteiger partial charge in [-0.15, -0.1) is 0 Å². The summed E-state index contributed by atoms with van der Waals surface area (Å²) in [6.45, 7) is 2.28. The molecule has 0 unspecified atom stereocenters. The zero-order valence-electron chi connectivity index (χ0n) is 20.6.